The van der Waals surface area contributed by atoms with Crippen molar-refractivity contribution in [3.8, 4) is 0 Å². The van der Waals surface area contributed by atoms with E-state index in [-0.39, 0.29) is 0 Å². The number of nitrogen functional groups attached to an aromatic ring is 1. The molecule has 1 fully saturated rings. The Balaban J connectivity index is 2.08. The molecule has 2 rings (SSSR count). The molecule has 2 N–H and O–H groups in total. The first-order valence-electron chi connectivity index (χ1n) is 5.84. The lowest BCUT2D eigenvalue weighted by Gasteiger charge is -2.33. The van der Waals surface area contributed by atoms with E-state index in [9.17, 15) is 0 Å². The van der Waals surface area contributed by atoms with E-state index < -0.39 is 0 Å². The zero-order valence-corrected chi connectivity index (χ0v) is 10.1. The third-order valence-corrected chi connectivity index (χ3v) is 3.30. The second-order valence-electron chi connectivity index (χ2n) is 4.48. The summed E-state index contributed by atoms with van der Waals surface area (Å²) in [7, 11) is 1.79. The Bertz CT molecular complexity index is 357. The fraction of sp³-hybridized carbons (Fsp3) is 0.538. The molecule has 0 aliphatic carbocycles. The van der Waals surface area contributed by atoms with Crippen LogP contribution in [0.4, 0.5) is 11.4 Å². The number of piperidine rings is 1. The smallest absolute Gasteiger partial charge is 0.0605 e. The van der Waals surface area contributed by atoms with Gasteiger partial charge in [0.1, 0.15) is 0 Å². The fourth-order valence-corrected chi connectivity index (χ4v) is 2.29. The molecule has 1 aliphatic rings. The number of nitrogens with two attached hydrogens (primary N) is 1. The predicted molar refractivity (Wildman–Crippen MR) is 67.8 cm³/mol. The summed E-state index contributed by atoms with van der Waals surface area (Å²) in [6.07, 6.45) is 2.59. The van der Waals surface area contributed by atoms with Gasteiger partial charge in [-0.25, -0.2) is 0 Å². The lowest BCUT2D eigenvalue weighted by Crippen LogP contribution is -2.37. The van der Waals surface area contributed by atoms with Crippen molar-refractivity contribution in [3.05, 3.63) is 23.8 Å². The molecule has 0 saturated carbocycles. The summed E-state index contributed by atoms with van der Waals surface area (Å²) >= 11 is 0. The van der Waals surface area contributed by atoms with Gasteiger partial charge in [0.2, 0.25) is 0 Å². The molecule has 0 spiro atoms. The molecule has 0 amide bonds. The standard InChI is InChI=1S/C13H20N2O/c1-10-3-4-13(12(14)9-10)15-7-5-11(16-2)6-8-15/h3-4,9,11H,5-8,14H2,1-2H3. The van der Waals surface area contributed by atoms with Crippen LogP contribution in [0.1, 0.15) is 18.4 Å². The van der Waals surface area contributed by atoms with E-state index in [1.165, 1.54) is 11.3 Å². The predicted octanol–water partition coefficient (Wildman–Crippen LogP) is 2.19. The van der Waals surface area contributed by atoms with Crippen LogP contribution >= 0.6 is 0 Å². The number of aryl methyl sites for hydroxylation is 1. The first-order chi connectivity index (χ1) is 7.70. The van der Waals surface area contributed by atoms with Crippen molar-refractivity contribution in [1.82, 2.24) is 0 Å². The number of hydrogen-bond donors (Lipinski definition) is 1. The highest BCUT2D eigenvalue weighted by atomic mass is 16.5. The minimum Gasteiger partial charge on any atom is -0.397 e. The molecule has 16 heavy (non-hydrogen) atoms. The van der Waals surface area contributed by atoms with Crippen LogP contribution in [0.5, 0.6) is 0 Å². The summed E-state index contributed by atoms with van der Waals surface area (Å²) in [5.74, 6) is 0. The highest BCUT2D eigenvalue weighted by molar-refractivity contribution is 5.68. The van der Waals surface area contributed by atoms with Gasteiger partial charge in [-0.05, 0) is 37.5 Å². The summed E-state index contributed by atoms with van der Waals surface area (Å²) in [6, 6.07) is 6.28. The molecule has 1 aliphatic heterocycles. The lowest BCUT2D eigenvalue weighted by atomic mass is 10.1. The van der Waals surface area contributed by atoms with E-state index in [1.807, 2.05) is 6.07 Å². The van der Waals surface area contributed by atoms with Crippen LogP contribution in [0.2, 0.25) is 0 Å². The number of nitrogens with zero attached hydrogens (tertiary/aromatic N) is 1. The van der Waals surface area contributed by atoms with Gasteiger partial charge in [-0.3, -0.25) is 0 Å². The minimum atomic E-state index is 0.419. The fourth-order valence-electron chi connectivity index (χ4n) is 2.29. The molecule has 0 atom stereocenters. The molecule has 1 aromatic rings. The Labute approximate surface area is 97.2 Å². The first kappa shape index (κ1) is 11.3. The highest BCUT2D eigenvalue weighted by Gasteiger charge is 2.19. The second-order valence-corrected chi connectivity index (χ2v) is 4.48. The van der Waals surface area contributed by atoms with Crippen molar-refractivity contribution in [2.45, 2.75) is 25.9 Å². The van der Waals surface area contributed by atoms with Gasteiger partial charge in [0.15, 0.2) is 0 Å². The highest BCUT2D eigenvalue weighted by Crippen LogP contribution is 2.27. The Morgan fingerprint density at radius 3 is 2.56 bits per heavy atom. The third-order valence-electron chi connectivity index (χ3n) is 3.30. The van der Waals surface area contributed by atoms with Crippen LogP contribution in [0.3, 0.4) is 0 Å². The monoisotopic (exact) mass is 220 g/mol. The van der Waals surface area contributed by atoms with Crippen molar-refractivity contribution < 1.29 is 4.74 Å². The number of ether oxygens (including phenoxy) is 1. The molecular weight excluding hydrogens is 200 g/mol. The zero-order valence-electron chi connectivity index (χ0n) is 10.1. The Morgan fingerprint density at radius 2 is 2.00 bits per heavy atom. The molecule has 1 saturated heterocycles. The van der Waals surface area contributed by atoms with E-state index in [1.54, 1.807) is 7.11 Å². The van der Waals surface area contributed by atoms with Gasteiger partial charge in [-0.1, -0.05) is 6.07 Å². The van der Waals surface area contributed by atoms with Crippen molar-refractivity contribution >= 4 is 11.4 Å². The van der Waals surface area contributed by atoms with Crippen LogP contribution < -0.4 is 10.6 Å². The van der Waals surface area contributed by atoms with E-state index >= 15 is 0 Å². The largest absolute Gasteiger partial charge is 0.397 e. The van der Waals surface area contributed by atoms with Crippen LogP contribution in [0, 0.1) is 6.92 Å². The Hall–Kier alpha value is -1.22. The maximum absolute atomic E-state index is 6.05. The summed E-state index contributed by atoms with van der Waals surface area (Å²) in [5, 5.41) is 0. The van der Waals surface area contributed by atoms with Crippen LogP contribution in [0.15, 0.2) is 18.2 Å². The maximum Gasteiger partial charge on any atom is 0.0605 e. The molecule has 1 aromatic carbocycles. The summed E-state index contributed by atoms with van der Waals surface area (Å²) in [6.45, 7) is 4.13. The number of anilines is 2. The quantitative estimate of drug-likeness (QED) is 0.776. The lowest BCUT2D eigenvalue weighted by molar-refractivity contribution is 0.0819. The molecule has 0 radical (unpaired) electrons. The number of rotatable bonds is 2. The van der Waals surface area contributed by atoms with Crippen molar-refractivity contribution in [3.63, 3.8) is 0 Å². The van der Waals surface area contributed by atoms with Crippen molar-refractivity contribution in [1.29, 1.82) is 0 Å². The van der Waals surface area contributed by atoms with Gasteiger partial charge >= 0.3 is 0 Å². The average Bonchev–Trinajstić information content (AvgIpc) is 2.29. The van der Waals surface area contributed by atoms with E-state index in [4.69, 9.17) is 10.5 Å². The maximum atomic E-state index is 6.05. The molecule has 3 nitrogen and oxygen atoms in total. The van der Waals surface area contributed by atoms with Crippen LogP contribution in [0.25, 0.3) is 0 Å². The van der Waals surface area contributed by atoms with Gasteiger partial charge in [0.25, 0.3) is 0 Å². The summed E-state index contributed by atoms with van der Waals surface area (Å²) in [5.41, 5.74) is 9.31. The van der Waals surface area contributed by atoms with E-state index in [0.717, 1.165) is 31.6 Å². The van der Waals surface area contributed by atoms with Gasteiger partial charge in [0, 0.05) is 20.2 Å². The normalized spacial score (nSPS) is 17.8. The van der Waals surface area contributed by atoms with Gasteiger partial charge in [-0.15, -0.1) is 0 Å². The van der Waals surface area contributed by atoms with Crippen LogP contribution in [-0.2, 0) is 4.74 Å². The topological polar surface area (TPSA) is 38.5 Å². The van der Waals surface area contributed by atoms with E-state index in [0.29, 0.717) is 6.10 Å². The van der Waals surface area contributed by atoms with E-state index in [2.05, 4.69) is 24.0 Å². The molecule has 0 aromatic heterocycles. The van der Waals surface area contributed by atoms with Gasteiger partial charge in [0.05, 0.1) is 17.5 Å². The number of hydrogen-bond acceptors (Lipinski definition) is 3. The molecular formula is C13H20N2O. The Morgan fingerprint density at radius 1 is 1.31 bits per heavy atom. The molecule has 1 heterocycles. The molecule has 3 heteroatoms. The summed E-state index contributed by atoms with van der Waals surface area (Å²) < 4.78 is 5.37. The third kappa shape index (κ3) is 2.30. The van der Waals surface area contributed by atoms with Gasteiger partial charge < -0.3 is 15.4 Å². The SMILES string of the molecule is COC1CCN(c2ccc(C)cc2N)CC1. The van der Waals surface area contributed by atoms with Crippen molar-refractivity contribution in [2.75, 3.05) is 30.8 Å². The first-order valence-corrected chi connectivity index (χ1v) is 5.84. The molecule has 88 valence electrons. The van der Waals surface area contributed by atoms with Gasteiger partial charge in [-0.2, -0.15) is 0 Å². The van der Waals surface area contributed by atoms with Crippen molar-refractivity contribution in [2.24, 2.45) is 0 Å². The Kier molecular flexibility index (Phi) is 3.34. The zero-order chi connectivity index (χ0) is 11.5. The second kappa shape index (κ2) is 4.74. The average molecular weight is 220 g/mol. The molecule has 0 unspecified atom stereocenters. The number of benzene rings is 1. The van der Waals surface area contributed by atoms with Crippen LogP contribution in [-0.4, -0.2) is 26.3 Å². The minimum absolute atomic E-state index is 0.419. The summed E-state index contributed by atoms with van der Waals surface area (Å²) in [4.78, 5) is 2.35. The molecule has 0 bridgehead atoms. The number of methoxy groups -OCH3 is 1.